The number of likely N-dealkylation sites (tertiary alicyclic amines) is 1. The fourth-order valence-corrected chi connectivity index (χ4v) is 4.78. The van der Waals surface area contributed by atoms with Gasteiger partial charge in [0.15, 0.2) is 5.67 Å². The number of amides is 1. The smallest absolute Gasteiger partial charge is 0.260 e. The first-order chi connectivity index (χ1) is 10.6. The number of hydrogen-bond acceptors (Lipinski definition) is 4. The zero-order valence-corrected chi connectivity index (χ0v) is 13.2. The predicted molar refractivity (Wildman–Crippen MR) is 82.3 cm³/mol. The SMILES string of the molecule is O=C(N1CC2(C[C@H](OCc3cccnc3)CS2)C1)C1(F)CC1. The van der Waals surface area contributed by atoms with Crippen molar-refractivity contribution >= 4 is 17.7 Å². The summed E-state index contributed by atoms with van der Waals surface area (Å²) in [5, 5.41) is 0. The Kier molecular flexibility index (Phi) is 3.42. The van der Waals surface area contributed by atoms with Crippen molar-refractivity contribution in [1.82, 2.24) is 9.88 Å². The first-order valence-electron chi connectivity index (χ1n) is 7.71. The maximum absolute atomic E-state index is 13.8. The van der Waals surface area contributed by atoms with Gasteiger partial charge in [0.05, 0.1) is 17.5 Å². The minimum absolute atomic E-state index is 0.0977. The Labute approximate surface area is 133 Å². The summed E-state index contributed by atoms with van der Waals surface area (Å²) in [5.74, 6) is 0.654. The minimum Gasteiger partial charge on any atom is -0.373 e. The van der Waals surface area contributed by atoms with Crippen LogP contribution in [0.2, 0.25) is 0 Å². The van der Waals surface area contributed by atoms with Crippen LogP contribution in [0, 0.1) is 0 Å². The van der Waals surface area contributed by atoms with Gasteiger partial charge in [-0.1, -0.05) is 6.07 Å². The highest BCUT2D eigenvalue weighted by Crippen LogP contribution is 2.49. The number of nitrogens with zero attached hydrogens (tertiary/aromatic N) is 2. The number of alkyl halides is 1. The van der Waals surface area contributed by atoms with E-state index in [1.807, 2.05) is 30.1 Å². The summed E-state index contributed by atoms with van der Waals surface area (Å²) in [4.78, 5) is 17.7. The molecule has 3 heterocycles. The average molecular weight is 322 g/mol. The molecule has 4 rings (SSSR count). The highest BCUT2D eigenvalue weighted by atomic mass is 32.2. The van der Waals surface area contributed by atoms with Crippen molar-refractivity contribution in [2.24, 2.45) is 0 Å². The number of ether oxygens (including phenoxy) is 1. The molecule has 4 nitrogen and oxygen atoms in total. The summed E-state index contributed by atoms with van der Waals surface area (Å²) in [5.41, 5.74) is -0.451. The number of thioether (sulfide) groups is 1. The van der Waals surface area contributed by atoms with E-state index < -0.39 is 5.67 Å². The highest BCUT2D eigenvalue weighted by molar-refractivity contribution is 8.01. The molecule has 22 heavy (non-hydrogen) atoms. The quantitative estimate of drug-likeness (QED) is 0.852. The topological polar surface area (TPSA) is 42.4 Å². The summed E-state index contributed by atoms with van der Waals surface area (Å²) in [6.45, 7) is 1.93. The van der Waals surface area contributed by atoms with Crippen molar-refractivity contribution in [3.63, 3.8) is 0 Å². The van der Waals surface area contributed by atoms with Gasteiger partial charge in [0.25, 0.3) is 5.91 Å². The Hall–Kier alpha value is -1.14. The third-order valence-corrected chi connectivity index (χ3v) is 6.28. The van der Waals surface area contributed by atoms with Gasteiger partial charge in [-0.2, -0.15) is 0 Å². The molecule has 1 aromatic heterocycles. The molecular formula is C16H19FN2O2S. The summed E-state index contributed by atoms with van der Waals surface area (Å²) in [7, 11) is 0. The van der Waals surface area contributed by atoms with Crippen LogP contribution in [0.4, 0.5) is 4.39 Å². The number of carbonyl (C=O) groups is 1. The molecule has 0 unspecified atom stereocenters. The number of halogens is 1. The van der Waals surface area contributed by atoms with Crippen molar-refractivity contribution in [3.05, 3.63) is 30.1 Å². The van der Waals surface area contributed by atoms with Crippen LogP contribution >= 0.6 is 11.8 Å². The predicted octanol–water partition coefficient (Wildman–Crippen LogP) is 2.19. The number of rotatable bonds is 4. The minimum atomic E-state index is -1.53. The zero-order chi connectivity index (χ0) is 15.2. The maximum atomic E-state index is 13.8. The van der Waals surface area contributed by atoms with E-state index in [9.17, 15) is 9.18 Å². The van der Waals surface area contributed by atoms with Crippen LogP contribution in [0.15, 0.2) is 24.5 Å². The molecule has 6 heteroatoms. The highest BCUT2D eigenvalue weighted by Gasteiger charge is 2.58. The molecule has 1 aliphatic carbocycles. The fourth-order valence-electron chi connectivity index (χ4n) is 3.23. The lowest BCUT2D eigenvalue weighted by Gasteiger charge is -2.48. The Morgan fingerprint density at radius 3 is 3.00 bits per heavy atom. The average Bonchev–Trinajstić information content (AvgIpc) is 3.11. The molecule has 0 N–H and O–H groups in total. The summed E-state index contributed by atoms with van der Waals surface area (Å²) in [6, 6.07) is 3.91. The van der Waals surface area contributed by atoms with Crippen LogP contribution in [0.25, 0.3) is 0 Å². The van der Waals surface area contributed by atoms with Gasteiger partial charge in [-0.05, 0) is 30.9 Å². The zero-order valence-electron chi connectivity index (χ0n) is 12.3. The lowest BCUT2D eigenvalue weighted by atomic mass is 9.92. The molecule has 1 spiro atoms. The standard InChI is InChI=1S/C16H19FN2O2S/c17-16(3-4-16)14(20)19-10-15(11-19)6-13(9-22-15)21-8-12-2-1-5-18-7-12/h1-2,5,7,13H,3-4,6,8-11H2/t13-/m0/s1. The van der Waals surface area contributed by atoms with Gasteiger partial charge in [0.2, 0.25) is 0 Å². The van der Waals surface area contributed by atoms with Gasteiger partial charge in [-0.15, -0.1) is 11.8 Å². The summed E-state index contributed by atoms with van der Waals surface area (Å²) in [6.07, 6.45) is 5.53. The summed E-state index contributed by atoms with van der Waals surface area (Å²) < 4.78 is 19.9. The molecule has 1 atom stereocenters. The van der Waals surface area contributed by atoms with E-state index in [1.54, 1.807) is 11.1 Å². The van der Waals surface area contributed by atoms with E-state index in [2.05, 4.69) is 4.98 Å². The first kappa shape index (κ1) is 14.5. The van der Waals surface area contributed by atoms with Crippen molar-refractivity contribution in [2.75, 3.05) is 18.8 Å². The number of carbonyl (C=O) groups excluding carboxylic acids is 1. The Bertz CT molecular complexity index is 573. The van der Waals surface area contributed by atoms with E-state index in [0.717, 1.165) is 17.7 Å². The van der Waals surface area contributed by atoms with Crippen LogP contribution < -0.4 is 0 Å². The molecule has 1 amide bonds. The molecular weight excluding hydrogens is 303 g/mol. The van der Waals surface area contributed by atoms with E-state index in [4.69, 9.17) is 4.74 Å². The second kappa shape index (κ2) is 5.20. The normalized spacial score (nSPS) is 27.7. The van der Waals surface area contributed by atoms with Crippen LogP contribution in [0.1, 0.15) is 24.8 Å². The molecule has 3 fully saturated rings. The Morgan fingerprint density at radius 1 is 1.50 bits per heavy atom. The lowest BCUT2D eigenvalue weighted by Crippen LogP contribution is -2.62. The third-order valence-electron chi connectivity index (χ3n) is 4.70. The lowest BCUT2D eigenvalue weighted by molar-refractivity contribution is -0.144. The Balaban J connectivity index is 1.26. The second-order valence-corrected chi connectivity index (χ2v) is 8.11. The number of pyridine rings is 1. The first-order valence-corrected chi connectivity index (χ1v) is 8.70. The van der Waals surface area contributed by atoms with E-state index >= 15 is 0 Å². The van der Waals surface area contributed by atoms with Crippen molar-refractivity contribution in [2.45, 2.75) is 42.4 Å². The molecule has 3 aliphatic rings. The molecule has 1 aromatic rings. The van der Waals surface area contributed by atoms with E-state index in [0.29, 0.717) is 32.5 Å². The summed E-state index contributed by atoms with van der Waals surface area (Å²) >= 11 is 1.87. The van der Waals surface area contributed by atoms with Crippen LogP contribution in [0.3, 0.4) is 0 Å². The molecule has 0 bridgehead atoms. The largest absolute Gasteiger partial charge is 0.373 e. The molecule has 118 valence electrons. The molecule has 2 aliphatic heterocycles. The van der Waals surface area contributed by atoms with Gasteiger partial charge < -0.3 is 9.64 Å². The molecule has 0 radical (unpaired) electrons. The van der Waals surface area contributed by atoms with Gasteiger partial charge in [0, 0.05) is 31.2 Å². The van der Waals surface area contributed by atoms with Crippen molar-refractivity contribution in [3.8, 4) is 0 Å². The number of hydrogen-bond donors (Lipinski definition) is 0. The van der Waals surface area contributed by atoms with Gasteiger partial charge in [-0.25, -0.2) is 4.39 Å². The van der Waals surface area contributed by atoms with Crippen LogP contribution in [-0.2, 0) is 16.1 Å². The van der Waals surface area contributed by atoms with Gasteiger partial charge in [-0.3, -0.25) is 9.78 Å². The Morgan fingerprint density at radius 2 is 2.32 bits per heavy atom. The van der Waals surface area contributed by atoms with E-state index in [1.165, 1.54) is 0 Å². The second-order valence-electron chi connectivity index (χ2n) is 6.62. The molecule has 0 aromatic carbocycles. The molecule has 1 saturated carbocycles. The van der Waals surface area contributed by atoms with Crippen molar-refractivity contribution < 1.29 is 13.9 Å². The van der Waals surface area contributed by atoms with Crippen LogP contribution in [0.5, 0.6) is 0 Å². The fraction of sp³-hybridized carbons (Fsp3) is 0.625. The van der Waals surface area contributed by atoms with Gasteiger partial charge in [0.1, 0.15) is 0 Å². The number of aromatic nitrogens is 1. The van der Waals surface area contributed by atoms with Gasteiger partial charge >= 0.3 is 0 Å². The van der Waals surface area contributed by atoms with Crippen LogP contribution in [-0.4, -0.2) is 51.2 Å². The van der Waals surface area contributed by atoms with E-state index in [-0.39, 0.29) is 16.8 Å². The third kappa shape index (κ3) is 2.63. The maximum Gasteiger partial charge on any atom is 0.260 e. The van der Waals surface area contributed by atoms with Crippen molar-refractivity contribution in [1.29, 1.82) is 0 Å². The molecule has 2 saturated heterocycles. The monoisotopic (exact) mass is 322 g/mol.